The lowest BCUT2D eigenvalue weighted by atomic mass is 10.1. The normalized spacial score (nSPS) is 11.3. The molecule has 0 atom stereocenters. The first-order valence-electron chi connectivity index (χ1n) is 17.7. The van der Waals surface area contributed by atoms with Crippen molar-refractivity contribution >= 4 is 5.97 Å². The van der Waals surface area contributed by atoms with E-state index in [0.717, 1.165) is 42.9 Å². The Hall–Kier alpha value is -1.75. The summed E-state index contributed by atoms with van der Waals surface area (Å²) in [5, 5.41) is 0. The third-order valence-electron chi connectivity index (χ3n) is 7.86. The van der Waals surface area contributed by atoms with Gasteiger partial charge in [0.15, 0.2) is 0 Å². The fraction of sp³-hybridized carbons (Fsp3) is 0.811. The minimum absolute atomic E-state index is 0.152. The van der Waals surface area contributed by atoms with E-state index in [1.54, 1.807) is 0 Å². The molecule has 42 heavy (non-hydrogen) atoms. The standard InChI is InChI=1S/C37H67NO4/c1-5-7-9-11-13-15-17-19-21-23-28-40-35-30-34(33-42-37(39)26-25-27-38(3)4)31-36(32-35)41-29-24-22-20-18-16-14-12-10-8-6-2/h30-32H,5-29,33H2,1-4H3. The highest BCUT2D eigenvalue weighted by Crippen LogP contribution is 2.25. The van der Waals surface area contributed by atoms with E-state index in [2.05, 4.69) is 18.7 Å². The van der Waals surface area contributed by atoms with Crippen LogP contribution in [0, 0.1) is 0 Å². The van der Waals surface area contributed by atoms with Gasteiger partial charge in [0, 0.05) is 12.5 Å². The second-order valence-electron chi connectivity index (χ2n) is 12.4. The second kappa shape index (κ2) is 28.0. The lowest BCUT2D eigenvalue weighted by Crippen LogP contribution is -2.15. The molecule has 0 saturated carbocycles. The zero-order valence-electron chi connectivity index (χ0n) is 28.2. The molecule has 0 aliphatic heterocycles. The molecule has 5 heteroatoms. The number of carbonyl (C=O) groups is 1. The first kappa shape index (κ1) is 38.3. The van der Waals surface area contributed by atoms with Crippen LogP contribution < -0.4 is 9.47 Å². The van der Waals surface area contributed by atoms with Crippen LogP contribution in [0.2, 0.25) is 0 Å². The Balaban J connectivity index is 2.41. The number of hydrogen-bond acceptors (Lipinski definition) is 5. The van der Waals surface area contributed by atoms with E-state index in [9.17, 15) is 4.79 Å². The van der Waals surface area contributed by atoms with Gasteiger partial charge in [-0.1, -0.05) is 129 Å². The Morgan fingerprint density at radius 3 is 1.38 bits per heavy atom. The third-order valence-corrected chi connectivity index (χ3v) is 7.86. The maximum absolute atomic E-state index is 12.2. The summed E-state index contributed by atoms with van der Waals surface area (Å²) < 4.78 is 17.9. The maximum atomic E-state index is 12.2. The van der Waals surface area contributed by atoms with Gasteiger partial charge in [0.25, 0.3) is 0 Å². The summed E-state index contributed by atoms with van der Waals surface area (Å²) in [5.41, 5.74) is 0.926. The molecule has 0 radical (unpaired) electrons. The summed E-state index contributed by atoms with van der Waals surface area (Å²) in [7, 11) is 4.03. The zero-order chi connectivity index (χ0) is 30.5. The van der Waals surface area contributed by atoms with Crippen molar-refractivity contribution in [3.05, 3.63) is 23.8 Å². The molecule has 0 saturated heterocycles. The van der Waals surface area contributed by atoms with E-state index < -0.39 is 0 Å². The van der Waals surface area contributed by atoms with Gasteiger partial charge in [-0.15, -0.1) is 0 Å². The van der Waals surface area contributed by atoms with Crippen molar-refractivity contribution in [3.63, 3.8) is 0 Å². The number of esters is 1. The Morgan fingerprint density at radius 1 is 0.571 bits per heavy atom. The molecule has 0 aromatic heterocycles. The monoisotopic (exact) mass is 590 g/mol. The van der Waals surface area contributed by atoms with Crippen molar-refractivity contribution in [2.24, 2.45) is 0 Å². The van der Waals surface area contributed by atoms with Crippen LogP contribution in [0.1, 0.15) is 161 Å². The van der Waals surface area contributed by atoms with Crippen LogP contribution in [-0.4, -0.2) is 44.7 Å². The molecule has 0 fully saturated rings. The predicted molar refractivity (Wildman–Crippen MR) is 179 cm³/mol. The molecule has 5 nitrogen and oxygen atoms in total. The highest BCUT2D eigenvalue weighted by atomic mass is 16.5. The molecule has 1 aromatic rings. The Morgan fingerprint density at radius 2 is 0.976 bits per heavy atom. The molecule has 0 N–H and O–H groups in total. The van der Waals surface area contributed by atoms with Crippen molar-refractivity contribution in [2.45, 2.75) is 162 Å². The number of unbranched alkanes of at least 4 members (excludes halogenated alkanes) is 18. The van der Waals surface area contributed by atoms with Crippen molar-refractivity contribution in [3.8, 4) is 11.5 Å². The van der Waals surface area contributed by atoms with Gasteiger partial charge < -0.3 is 19.1 Å². The highest BCUT2D eigenvalue weighted by molar-refractivity contribution is 5.69. The lowest BCUT2D eigenvalue weighted by molar-refractivity contribution is -0.145. The fourth-order valence-electron chi connectivity index (χ4n) is 5.22. The Labute approximate surface area is 260 Å². The summed E-state index contributed by atoms with van der Waals surface area (Å²) in [5.74, 6) is 1.47. The van der Waals surface area contributed by atoms with Crippen molar-refractivity contribution in [2.75, 3.05) is 33.9 Å². The van der Waals surface area contributed by atoms with Crippen LogP contribution in [0.25, 0.3) is 0 Å². The van der Waals surface area contributed by atoms with E-state index in [-0.39, 0.29) is 12.6 Å². The number of rotatable bonds is 30. The van der Waals surface area contributed by atoms with Gasteiger partial charge in [-0.2, -0.15) is 0 Å². The molecule has 0 unspecified atom stereocenters. The van der Waals surface area contributed by atoms with Gasteiger partial charge in [0.1, 0.15) is 18.1 Å². The van der Waals surface area contributed by atoms with Gasteiger partial charge in [0.2, 0.25) is 0 Å². The second-order valence-corrected chi connectivity index (χ2v) is 12.4. The van der Waals surface area contributed by atoms with Crippen LogP contribution in [0.15, 0.2) is 18.2 Å². The number of hydrogen-bond donors (Lipinski definition) is 0. The summed E-state index contributed by atoms with van der Waals surface area (Å²) in [6.45, 7) is 7.10. The first-order chi connectivity index (χ1) is 20.5. The topological polar surface area (TPSA) is 48.0 Å². The largest absolute Gasteiger partial charge is 0.493 e. The summed E-state index contributed by atoms with van der Waals surface area (Å²) in [6, 6.07) is 5.99. The van der Waals surface area contributed by atoms with Crippen molar-refractivity contribution < 1.29 is 19.0 Å². The molecule has 0 aliphatic rings. The van der Waals surface area contributed by atoms with Gasteiger partial charge in [-0.25, -0.2) is 0 Å². The molecular weight excluding hydrogens is 522 g/mol. The summed E-state index contributed by atoms with van der Waals surface area (Å²) >= 11 is 0. The average molecular weight is 590 g/mol. The van der Waals surface area contributed by atoms with Crippen molar-refractivity contribution in [1.82, 2.24) is 4.90 Å². The molecule has 0 amide bonds. The minimum Gasteiger partial charge on any atom is -0.493 e. The highest BCUT2D eigenvalue weighted by Gasteiger charge is 2.08. The number of benzene rings is 1. The van der Waals surface area contributed by atoms with Gasteiger partial charge in [-0.05, 0) is 57.6 Å². The van der Waals surface area contributed by atoms with E-state index >= 15 is 0 Å². The maximum Gasteiger partial charge on any atom is 0.306 e. The van der Waals surface area contributed by atoms with E-state index in [1.165, 1.54) is 116 Å². The summed E-state index contributed by atoms with van der Waals surface area (Å²) in [4.78, 5) is 14.3. The van der Waals surface area contributed by atoms with Crippen LogP contribution >= 0.6 is 0 Å². The molecular formula is C37H67NO4. The Kier molecular flexibility index (Phi) is 25.6. The van der Waals surface area contributed by atoms with Crippen LogP contribution in [-0.2, 0) is 16.1 Å². The van der Waals surface area contributed by atoms with Gasteiger partial charge in [0.05, 0.1) is 13.2 Å². The molecule has 1 rings (SSSR count). The Bertz CT molecular complexity index is 707. The van der Waals surface area contributed by atoms with E-state index in [1.807, 2.05) is 32.3 Å². The lowest BCUT2D eigenvalue weighted by Gasteiger charge is -2.13. The molecule has 1 aromatic carbocycles. The third kappa shape index (κ3) is 23.8. The average Bonchev–Trinajstić information content (AvgIpc) is 2.97. The number of nitrogens with zero attached hydrogens (tertiary/aromatic N) is 1. The van der Waals surface area contributed by atoms with E-state index in [4.69, 9.17) is 14.2 Å². The van der Waals surface area contributed by atoms with Crippen molar-refractivity contribution in [1.29, 1.82) is 0 Å². The van der Waals surface area contributed by atoms with Gasteiger partial charge in [-0.3, -0.25) is 4.79 Å². The first-order valence-corrected chi connectivity index (χ1v) is 17.7. The van der Waals surface area contributed by atoms with Gasteiger partial charge >= 0.3 is 5.97 Å². The van der Waals surface area contributed by atoms with Crippen LogP contribution in [0.5, 0.6) is 11.5 Å². The number of carbonyl (C=O) groups excluding carboxylic acids is 1. The predicted octanol–water partition coefficient (Wildman–Crippen LogP) is 10.7. The van der Waals surface area contributed by atoms with Crippen LogP contribution in [0.3, 0.4) is 0 Å². The molecule has 0 heterocycles. The molecule has 0 spiro atoms. The fourth-order valence-corrected chi connectivity index (χ4v) is 5.22. The summed E-state index contributed by atoms with van der Waals surface area (Å²) in [6.07, 6.45) is 27.5. The quantitative estimate of drug-likeness (QED) is 0.0660. The smallest absolute Gasteiger partial charge is 0.306 e. The zero-order valence-corrected chi connectivity index (χ0v) is 28.2. The molecule has 244 valence electrons. The molecule has 0 bridgehead atoms. The van der Waals surface area contributed by atoms with E-state index in [0.29, 0.717) is 19.6 Å². The minimum atomic E-state index is -0.152. The van der Waals surface area contributed by atoms with Crippen LogP contribution in [0.4, 0.5) is 0 Å². The molecule has 0 aliphatic carbocycles. The SMILES string of the molecule is CCCCCCCCCCCCOc1cc(COC(=O)CCCN(C)C)cc(OCCCCCCCCCCCC)c1. The number of ether oxygens (including phenoxy) is 3.